The van der Waals surface area contributed by atoms with Crippen molar-refractivity contribution in [3.63, 3.8) is 0 Å². The van der Waals surface area contributed by atoms with E-state index in [1.54, 1.807) is 28.8 Å². The van der Waals surface area contributed by atoms with E-state index in [1.165, 1.54) is 0 Å². The van der Waals surface area contributed by atoms with Gasteiger partial charge in [-0.2, -0.15) is 13.2 Å². The monoisotopic (exact) mass is 539 g/mol. The lowest BCUT2D eigenvalue weighted by atomic mass is 10.0. The number of benzene rings is 2. The second kappa shape index (κ2) is 11.8. The maximum absolute atomic E-state index is 13.0. The Morgan fingerprint density at radius 2 is 1.81 bits per heavy atom. The van der Waals surface area contributed by atoms with Crippen LogP contribution in [0.4, 0.5) is 18.9 Å². The van der Waals surface area contributed by atoms with Crippen molar-refractivity contribution in [2.75, 3.05) is 11.1 Å². The Kier molecular flexibility index (Phi) is 9.02. The molecule has 7 nitrogen and oxygen atoms in total. The van der Waals surface area contributed by atoms with Gasteiger partial charge in [0.2, 0.25) is 5.91 Å². The lowest BCUT2D eigenvalue weighted by Gasteiger charge is -2.22. The fourth-order valence-corrected chi connectivity index (χ4v) is 4.37. The number of alkyl halides is 3. The number of amides is 2. The number of carbonyl (C=O) groups is 2. The smallest absolute Gasteiger partial charge is 0.342 e. The van der Waals surface area contributed by atoms with Crippen LogP contribution in [0.25, 0.3) is 0 Å². The minimum Gasteiger partial charge on any atom is -0.342 e. The molecule has 2 aromatic carbocycles. The molecule has 3 rings (SSSR count). The van der Waals surface area contributed by atoms with Crippen LogP contribution in [0, 0.1) is 5.92 Å². The third-order valence-electron chi connectivity index (χ3n) is 5.23. The molecular formula is C24H25ClF3N5O2S. The normalized spacial score (nSPS) is 12.4. The van der Waals surface area contributed by atoms with Crippen LogP contribution < -0.4 is 10.6 Å². The molecule has 3 aromatic rings. The van der Waals surface area contributed by atoms with Crippen molar-refractivity contribution in [1.82, 2.24) is 20.1 Å². The zero-order valence-electron chi connectivity index (χ0n) is 19.8. The number of rotatable bonds is 9. The van der Waals surface area contributed by atoms with Crippen molar-refractivity contribution in [3.8, 4) is 0 Å². The van der Waals surface area contributed by atoms with E-state index in [2.05, 4.69) is 20.8 Å². The number of aromatic nitrogens is 3. The number of hydrogen-bond acceptors (Lipinski definition) is 5. The standard InChI is InChI=1S/C24H25ClF3N5O2S/c1-4-33-21(20(14(2)3)30-22(35)15-8-6-5-7-9-15)31-32-23(33)36-13-19(34)29-18-12-16(24(26,27)28)10-11-17(18)25/h5-12,14,20H,4,13H2,1-3H3,(H,29,34)(H,30,35)/t20-/m0/s1. The van der Waals surface area contributed by atoms with Gasteiger partial charge in [0.15, 0.2) is 11.0 Å². The fourth-order valence-electron chi connectivity index (χ4n) is 3.39. The highest BCUT2D eigenvalue weighted by Crippen LogP contribution is 2.34. The van der Waals surface area contributed by atoms with Gasteiger partial charge in [-0.25, -0.2) is 0 Å². The van der Waals surface area contributed by atoms with Crippen molar-refractivity contribution in [2.45, 2.75) is 44.7 Å². The lowest BCUT2D eigenvalue weighted by Crippen LogP contribution is -2.33. The topological polar surface area (TPSA) is 88.9 Å². The summed E-state index contributed by atoms with van der Waals surface area (Å²) < 4.78 is 40.8. The summed E-state index contributed by atoms with van der Waals surface area (Å²) >= 11 is 7.04. The molecule has 1 aromatic heterocycles. The van der Waals surface area contributed by atoms with E-state index in [0.29, 0.717) is 23.1 Å². The zero-order chi connectivity index (χ0) is 26.5. The maximum atomic E-state index is 13.0. The molecule has 0 spiro atoms. The van der Waals surface area contributed by atoms with Gasteiger partial charge in [0.25, 0.3) is 5.91 Å². The molecule has 0 aliphatic rings. The average Bonchev–Trinajstić information content (AvgIpc) is 3.24. The molecule has 192 valence electrons. The SMILES string of the molecule is CCn1c(SCC(=O)Nc2cc(C(F)(F)F)ccc2Cl)nnc1[C@@H](NC(=O)c1ccccc1)C(C)C. The summed E-state index contributed by atoms with van der Waals surface area (Å²) in [5, 5.41) is 14.3. The van der Waals surface area contributed by atoms with Gasteiger partial charge in [-0.1, -0.05) is 55.4 Å². The predicted octanol–water partition coefficient (Wildman–Crippen LogP) is 5.83. The third-order valence-corrected chi connectivity index (χ3v) is 6.53. The summed E-state index contributed by atoms with van der Waals surface area (Å²) in [6.07, 6.45) is -4.56. The Morgan fingerprint density at radius 1 is 1.11 bits per heavy atom. The number of nitrogens with one attached hydrogen (secondary N) is 2. The molecular weight excluding hydrogens is 515 g/mol. The number of thioether (sulfide) groups is 1. The van der Waals surface area contributed by atoms with Gasteiger partial charge in [-0.05, 0) is 43.2 Å². The van der Waals surface area contributed by atoms with Crippen LogP contribution in [-0.2, 0) is 17.5 Å². The van der Waals surface area contributed by atoms with Crippen LogP contribution in [0.15, 0.2) is 53.7 Å². The minimum atomic E-state index is -4.56. The van der Waals surface area contributed by atoms with Crippen LogP contribution in [0.3, 0.4) is 0 Å². The Labute approximate surface area is 215 Å². The average molecular weight is 540 g/mol. The first-order valence-corrected chi connectivity index (χ1v) is 12.5. The van der Waals surface area contributed by atoms with Crippen molar-refractivity contribution in [1.29, 1.82) is 0 Å². The summed E-state index contributed by atoms with van der Waals surface area (Å²) in [5.74, 6) is -0.386. The van der Waals surface area contributed by atoms with E-state index in [4.69, 9.17) is 11.6 Å². The quantitative estimate of drug-likeness (QED) is 0.334. The largest absolute Gasteiger partial charge is 0.416 e. The third kappa shape index (κ3) is 6.79. The number of hydrogen-bond donors (Lipinski definition) is 2. The van der Waals surface area contributed by atoms with Gasteiger partial charge in [0, 0.05) is 12.1 Å². The first kappa shape index (κ1) is 27.5. The van der Waals surface area contributed by atoms with E-state index >= 15 is 0 Å². The molecule has 0 saturated carbocycles. The molecule has 36 heavy (non-hydrogen) atoms. The molecule has 1 atom stereocenters. The molecule has 0 aliphatic carbocycles. The molecule has 12 heteroatoms. The molecule has 2 amide bonds. The maximum Gasteiger partial charge on any atom is 0.416 e. The molecule has 0 fully saturated rings. The molecule has 0 saturated heterocycles. The Morgan fingerprint density at radius 3 is 2.42 bits per heavy atom. The van der Waals surface area contributed by atoms with Crippen LogP contribution in [0.5, 0.6) is 0 Å². The highest BCUT2D eigenvalue weighted by Gasteiger charge is 2.31. The lowest BCUT2D eigenvalue weighted by molar-refractivity contribution is -0.137. The minimum absolute atomic E-state index is 0.00337. The van der Waals surface area contributed by atoms with Crippen LogP contribution in [0.2, 0.25) is 5.02 Å². The summed E-state index contributed by atoms with van der Waals surface area (Å²) in [6, 6.07) is 11.1. The summed E-state index contributed by atoms with van der Waals surface area (Å²) in [5.41, 5.74) is -0.522. The van der Waals surface area contributed by atoms with Crippen molar-refractivity contribution < 1.29 is 22.8 Å². The second-order valence-electron chi connectivity index (χ2n) is 8.18. The highest BCUT2D eigenvalue weighted by atomic mass is 35.5. The summed E-state index contributed by atoms with van der Waals surface area (Å²) in [6.45, 7) is 6.26. The van der Waals surface area contributed by atoms with Crippen molar-refractivity contribution in [3.05, 3.63) is 70.5 Å². The molecule has 0 radical (unpaired) electrons. The number of carbonyl (C=O) groups excluding carboxylic acids is 2. The first-order chi connectivity index (χ1) is 17.0. The van der Waals surface area contributed by atoms with Gasteiger partial charge in [0.05, 0.1) is 28.1 Å². The Hall–Kier alpha value is -3.05. The number of halogens is 4. The van der Waals surface area contributed by atoms with E-state index in [9.17, 15) is 22.8 Å². The summed E-state index contributed by atoms with van der Waals surface area (Å²) in [4.78, 5) is 25.2. The van der Waals surface area contributed by atoms with Gasteiger partial charge in [-0.15, -0.1) is 10.2 Å². The van der Waals surface area contributed by atoms with Gasteiger partial charge in [0.1, 0.15) is 0 Å². The van der Waals surface area contributed by atoms with Crippen LogP contribution in [0.1, 0.15) is 48.6 Å². The Balaban J connectivity index is 1.72. The molecule has 0 bridgehead atoms. The van der Waals surface area contributed by atoms with Crippen molar-refractivity contribution >= 4 is 40.9 Å². The van der Waals surface area contributed by atoms with Crippen molar-refractivity contribution in [2.24, 2.45) is 5.92 Å². The van der Waals surface area contributed by atoms with E-state index < -0.39 is 23.7 Å². The molecule has 1 heterocycles. The van der Waals surface area contributed by atoms with E-state index in [-0.39, 0.29) is 28.3 Å². The fraction of sp³-hybridized carbons (Fsp3) is 0.333. The first-order valence-electron chi connectivity index (χ1n) is 11.1. The van der Waals surface area contributed by atoms with E-state index in [0.717, 1.165) is 30.0 Å². The number of anilines is 1. The predicted molar refractivity (Wildman–Crippen MR) is 133 cm³/mol. The van der Waals surface area contributed by atoms with Crippen LogP contribution >= 0.6 is 23.4 Å². The van der Waals surface area contributed by atoms with Gasteiger partial charge >= 0.3 is 6.18 Å². The van der Waals surface area contributed by atoms with Gasteiger partial charge in [-0.3, -0.25) is 9.59 Å². The van der Waals surface area contributed by atoms with Crippen LogP contribution in [-0.4, -0.2) is 32.3 Å². The molecule has 0 unspecified atom stereocenters. The zero-order valence-corrected chi connectivity index (χ0v) is 21.3. The summed E-state index contributed by atoms with van der Waals surface area (Å²) in [7, 11) is 0. The highest BCUT2D eigenvalue weighted by molar-refractivity contribution is 7.99. The van der Waals surface area contributed by atoms with Gasteiger partial charge < -0.3 is 15.2 Å². The molecule has 2 N–H and O–H groups in total. The van der Waals surface area contributed by atoms with E-state index in [1.807, 2.05) is 26.8 Å². The number of nitrogens with zero attached hydrogens (tertiary/aromatic N) is 3. The Bertz CT molecular complexity index is 1220. The molecule has 0 aliphatic heterocycles. The second-order valence-corrected chi connectivity index (χ2v) is 9.53.